The molecule has 0 aliphatic rings. The Morgan fingerprint density at radius 2 is 2.10 bits per heavy atom. The Bertz CT molecular complexity index is 192. The fourth-order valence-corrected chi connectivity index (χ4v) is 0.723. The standard InChI is InChI=1S/C7H8FNO/c1-10-7-5-3-2-4-6(7)9-8/h2-5,9H,1H3. The Morgan fingerprint density at radius 1 is 1.40 bits per heavy atom. The highest BCUT2D eigenvalue weighted by Crippen LogP contribution is 2.22. The van der Waals surface area contributed by atoms with E-state index in [0.29, 0.717) is 11.4 Å². The van der Waals surface area contributed by atoms with E-state index >= 15 is 0 Å². The Labute approximate surface area is 58.6 Å². The Balaban J connectivity index is 2.96. The molecular weight excluding hydrogens is 133 g/mol. The fourth-order valence-electron chi connectivity index (χ4n) is 0.723. The van der Waals surface area contributed by atoms with Gasteiger partial charge in [-0.15, -0.1) is 4.48 Å². The van der Waals surface area contributed by atoms with Crippen LogP contribution in [0.4, 0.5) is 10.2 Å². The lowest BCUT2D eigenvalue weighted by molar-refractivity contribution is 0.413. The van der Waals surface area contributed by atoms with Gasteiger partial charge in [-0.2, -0.15) is 0 Å². The minimum absolute atomic E-state index is 0.352. The Morgan fingerprint density at radius 3 is 2.60 bits per heavy atom. The van der Waals surface area contributed by atoms with Crippen LogP contribution < -0.4 is 10.3 Å². The molecule has 0 aliphatic heterocycles. The minimum Gasteiger partial charge on any atom is -0.494 e. The third-order valence-corrected chi connectivity index (χ3v) is 1.21. The van der Waals surface area contributed by atoms with Gasteiger partial charge in [-0.25, -0.2) is 5.54 Å². The number of hydrogen-bond acceptors (Lipinski definition) is 2. The molecule has 1 N–H and O–H groups in total. The molecule has 10 heavy (non-hydrogen) atoms. The number of benzene rings is 1. The summed E-state index contributed by atoms with van der Waals surface area (Å²) in [6, 6.07) is 6.78. The molecule has 0 radical (unpaired) electrons. The van der Waals surface area contributed by atoms with E-state index in [1.54, 1.807) is 24.3 Å². The van der Waals surface area contributed by atoms with Crippen molar-refractivity contribution in [1.29, 1.82) is 0 Å². The second kappa shape index (κ2) is 3.06. The molecule has 0 heterocycles. The summed E-state index contributed by atoms with van der Waals surface area (Å²) in [5, 5.41) is 0. The molecule has 0 amide bonds. The number of nitrogens with one attached hydrogen (secondary N) is 1. The van der Waals surface area contributed by atoms with E-state index in [-0.39, 0.29) is 0 Å². The second-order valence-electron chi connectivity index (χ2n) is 1.79. The van der Waals surface area contributed by atoms with E-state index in [0.717, 1.165) is 0 Å². The van der Waals surface area contributed by atoms with Crippen molar-refractivity contribution in [3.05, 3.63) is 24.3 Å². The number of para-hydroxylation sites is 2. The van der Waals surface area contributed by atoms with Crippen molar-refractivity contribution < 1.29 is 9.22 Å². The van der Waals surface area contributed by atoms with E-state index in [1.807, 2.05) is 0 Å². The summed E-state index contributed by atoms with van der Waals surface area (Å²) < 4.78 is 16.7. The van der Waals surface area contributed by atoms with Gasteiger partial charge in [0.2, 0.25) is 0 Å². The lowest BCUT2D eigenvalue weighted by Crippen LogP contribution is -1.88. The summed E-state index contributed by atoms with van der Waals surface area (Å²) in [5.41, 5.74) is 1.87. The first-order valence-corrected chi connectivity index (χ1v) is 2.88. The van der Waals surface area contributed by atoms with E-state index < -0.39 is 0 Å². The molecular formula is C7H8FNO. The highest BCUT2D eigenvalue weighted by molar-refractivity contribution is 5.54. The molecule has 0 aliphatic carbocycles. The fraction of sp³-hybridized carbons (Fsp3) is 0.143. The van der Waals surface area contributed by atoms with Crippen LogP contribution in [0, 0.1) is 0 Å². The quantitative estimate of drug-likeness (QED) is 0.636. The Hall–Kier alpha value is -1.25. The highest BCUT2D eigenvalue weighted by Gasteiger charge is 1.97. The first kappa shape index (κ1) is 6.86. The SMILES string of the molecule is COc1ccccc1NF. The van der Waals surface area contributed by atoms with E-state index in [9.17, 15) is 4.48 Å². The molecule has 2 nitrogen and oxygen atoms in total. The molecule has 0 saturated carbocycles. The zero-order valence-electron chi connectivity index (χ0n) is 5.60. The van der Waals surface area contributed by atoms with Crippen LogP contribution in [0.1, 0.15) is 0 Å². The number of halogens is 1. The summed E-state index contributed by atoms with van der Waals surface area (Å²) >= 11 is 0. The normalized spacial score (nSPS) is 9.00. The van der Waals surface area contributed by atoms with Crippen LogP contribution in [-0.4, -0.2) is 7.11 Å². The van der Waals surface area contributed by atoms with Crippen molar-refractivity contribution in [3.8, 4) is 5.75 Å². The Kier molecular flexibility index (Phi) is 2.10. The lowest BCUT2D eigenvalue weighted by atomic mass is 10.3. The average molecular weight is 141 g/mol. The van der Waals surface area contributed by atoms with E-state index in [1.165, 1.54) is 12.6 Å². The monoisotopic (exact) mass is 141 g/mol. The van der Waals surface area contributed by atoms with Gasteiger partial charge < -0.3 is 4.74 Å². The van der Waals surface area contributed by atoms with Crippen LogP contribution in [0.15, 0.2) is 24.3 Å². The predicted molar refractivity (Wildman–Crippen MR) is 37.7 cm³/mol. The molecule has 1 aromatic carbocycles. The van der Waals surface area contributed by atoms with Crippen LogP contribution >= 0.6 is 0 Å². The topological polar surface area (TPSA) is 21.3 Å². The highest BCUT2D eigenvalue weighted by atomic mass is 19.2. The largest absolute Gasteiger partial charge is 0.494 e. The van der Waals surface area contributed by atoms with Crippen LogP contribution in [0.3, 0.4) is 0 Å². The van der Waals surface area contributed by atoms with Crippen LogP contribution in [0.25, 0.3) is 0 Å². The van der Waals surface area contributed by atoms with Crippen molar-refractivity contribution in [2.75, 3.05) is 12.6 Å². The first-order chi connectivity index (χ1) is 4.88. The molecule has 3 heteroatoms. The van der Waals surface area contributed by atoms with Crippen LogP contribution in [0.5, 0.6) is 5.75 Å². The van der Waals surface area contributed by atoms with Gasteiger partial charge in [0.15, 0.2) is 0 Å². The van der Waals surface area contributed by atoms with Crippen LogP contribution in [0.2, 0.25) is 0 Å². The minimum atomic E-state index is 0.352. The summed E-state index contributed by atoms with van der Waals surface area (Å²) in [4.78, 5) is 0. The van der Waals surface area contributed by atoms with Crippen molar-refractivity contribution in [3.63, 3.8) is 0 Å². The average Bonchev–Trinajstić information content (AvgIpc) is 2.04. The van der Waals surface area contributed by atoms with E-state index in [2.05, 4.69) is 0 Å². The summed E-state index contributed by atoms with van der Waals surface area (Å²) in [5.74, 6) is 0.505. The maximum Gasteiger partial charge on any atom is 0.144 e. The molecule has 1 rings (SSSR count). The molecule has 0 unspecified atom stereocenters. The number of methoxy groups -OCH3 is 1. The molecule has 54 valence electrons. The maximum atomic E-state index is 11.8. The number of ether oxygens (including phenoxy) is 1. The number of hydrogen-bond donors (Lipinski definition) is 1. The lowest BCUT2D eigenvalue weighted by Gasteiger charge is -2.02. The first-order valence-electron chi connectivity index (χ1n) is 2.88. The predicted octanol–water partition coefficient (Wildman–Crippen LogP) is 1.99. The summed E-state index contributed by atoms with van der Waals surface area (Å²) in [7, 11) is 1.50. The van der Waals surface area contributed by atoms with Crippen molar-refractivity contribution >= 4 is 5.69 Å². The molecule has 0 spiro atoms. The van der Waals surface area contributed by atoms with Gasteiger partial charge in [0.25, 0.3) is 0 Å². The van der Waals surface area contributed by atoms with Gasteiger partial charge >= 0.3 is 0 Å². The van der Waals surface area contributed by atoms with Gasteiger partial charge in [-0.1, -0.05) is 12.1 Å². The van der Waals surface area contributed by atoms with Crippen LogP contribution in [-0.2, 0) is 0 Å². The van der Waals surface area contributed by atoms with Gasteiger partial charge in [0.05, 0.1) is 7.11 Å². The number of rotatable bonds is 2. The zero-order valence-corrected chi connectivity index (χ0v) is 5.60. The second-order valence-corrected chi connectivity index (χ2v) is 1.79. The molecule has 1 aromatic rings. The molecule has 0 bridgehead atoms. The van der Waals surface area contributed by atoms with Gasteiger partial charge in [-0.05, 0) is 12.1 Å². The van der Waals surface area contributed by atoms with Gasteiger partial charge in [0, 0.05) is 0 Å². The molecule has 0 fully saturated rings. The smallest absolute Gasteiger partial charge is 0.144 e. The summed E-state index contributed by atoms with van der Waals surface area (Å²) in [6.45, 7) is 0. The zero-order chi connectivity index (χ0) is 7.40. The van der Waals surface area contributed by atoms with Crippen molar-refractivity contribution in [2.24, 2.45) is 0 Å². The summed E-state index contributed by atoms with van der Waals surface area (Å²) in [6.07, 6.45) is 0. The van der Waals surface area contributed by atoms with Crippen molar-refractivity contribution in [2.45, 2.75) is 0 Å². The third kappa shape index (κ3) is 1.18. The molecule has 0 saturated heterocycles. The van der Waals surface area contributed by atoms with E-state index in [4.69, 9.17) is 4.74 Å². The van der Waals surface area contributed by atoms with Crippen molar-refractivity contribution in [1.82, 2.24) is 0 Å². The molecule has 0 atom stereocenters. The number of anilines is 1. The molecule has 0 aromatic heterocycles. The third-order valence-electron chi connectivity index (χ3n) is 1.21. The maximum absolute atomic E-state index is 11.8. The van der Waals surface area contributed by atoms with Gasteiger partial charge in [-0.3, -0.25) is 0 Å². The van der Waals surface area contributed by atoms with Gasteiger partial charge in [0.1, 0.15) is 11.4 Å².